The predicted octanol–water partition coefficient (Wildman–Crippen LogP) is 4.74. The van der Waals surface area contributed by atoms with Gasteiger partial charge in [-0.3, -0.25) is 14.9 Å². The maximum absolute atomic E-state index is 16.6. The lowest BCUT2D eigenvalue weighted by Gasteiger charge is -2.29. The van der Waals surface area contributed by atoms with Gasteiger partial charge in [-0.05, 0) is 30.2 Å². The van der Waals surface area contributed by atoms with Gasteiger partial charge in [0.2, 0.25) is 12.3 Å². The maximum Gasteiger partial charge on any atom is 0.353 e. The number of hydrogen-bond acceptors (Lipinski definition) is 5. The number of ketones is 1. The van der Waals surface area contributed by atoms with Gasteiger partial charge in [0.05, 0.1) is 6.10 Å². The Morgan fingerprint density at radius 2 is 1.61 bits per heavy atom. The van der Waals surface area contributed by atoms with Crippen LogP contribution < -0.4 is 0 Å². The number of esters is 1. The molecule has 0 fully saturated rings. The minimum Gasteiger partial charge on any atom is -0.460 e. The molecule has 0 saturated heterocycles. The van der Waals surface area contributed by atoms with Crippen LogP contribution in [0.5, 0.6) is 0 Å². The third-order valence-electron chi connectivity index (χ3n) is 4.99. The second-order valence-electron chi connectivity index (χ2n) is 7.54. The molecule has 0 N–H and O–H groups in total. The van der Waals surface area contributed by atoms with Crippen LogP contribution in [0.15, 0.2) is 72.8 Å². The number of nitro groups is 1. The molecule has 3 rings (SSSR count). The number of Topliss-reactive ketones (excluding diaryl/α,β-unsaturated/α-hetero) is 1. The molecule has 3 aromatic rings. The molecule has 0 bridgehead atoms. The third kappa shape index (κ3) is 4.60. The van der Waals surface area contributed by atoms with Crippen molar-refractivity contribution < 1.29 is 23.6 Å². The highest BCUT2D eigenvalue weighted by molar-refractivity contribution is 6.16. The number of halogens is 1. The molecule has 0 radical (unpaired) electrons. The molecule has 7 heteroatoms. The van der Waals surface area contributed by atoms with E-state index in [0.717, 1.165) is 5.39 Å². The number of rotatable bonds is 8. The van der Waals surface area contributed by atoms with Crippen molar-refractivity contribution in [1.82, 2.24) is 0 Å². The molecule has 6 nitrogen and oxygen atoms in total. The van der Waals surface area contributed by atoms with Gasteiger partial charge < -0.3 is 4.74 Å². The van der Waals surface area contributed by atoms with E-state index in [9.17, 15) is 19.7 Å². The summed E-state index contributed by atoms with van der Waals surface area (Å²) >= 11 is 0. The van der Waals surface area contributed by atoms with Crippen LogP contribution in [-0.2, 0) is 9.53 Å². The van der Waals surface area contributed by atoms with Crippen molar-refractivity contribution in [3.05, 3.63) is 94.0 Å². The van der Waals surface area contributed by atoms with E-state index >= 15 is 4.39 Å². The van der Waals surface area contributed by atoms with Crippen molar-refractivity contribution in [2.24, 2.45) is 0 Å². The number of hydrogen-bond donors (Lipinski definition) is 0. The van der Waals surface area contributed by atoms with E-state index in [1.807, 2.05) is 12.1 Å². The smallest absolute Gasteiger partial charge is 0.353 e. The normalized spacial score (nSPS) is 14.1. The van der Waals surface area contributed by atoms with E-state index in [2.05, 4.69) is 0 Å². The molecular weight excluding hydrogens is 401 g/mol. The van der Waals surface area contributed by atoms with Crippen molar-refractivity contribution in [3.8, 4) is 0 Å². The second kappa shape index (κ2) is 9.04. The molecule has 0 unspecified atom stereocenters. The summed E-state index contributed by atoms with van der Waals surface area (Å²) in [6, 6.07) is 19.4. The average molecular weight is 423 g/mol. The highest BCUT2D eigenvalue weighted by atomic mass is 19.1. The number of carbonyl (C=O) groups is 2. The molecule has 0 spiro atoms. The van der Waals surface area contributed by atoms with E-state index in [-0.39, 0.29) is 11.1 Å². The zero-order valence-corrected chi connectivity index (χ0v) is 17.2. The largest absolute Gasteiger partial charge is 0.460 e. The van der Waals surface area contributed by atoms with Crippen molar-refractivity contribution in [2.75, 3.05) is 6.54 Å². The quantitative estimate of drug-likeness (QED) is 0.172. The summed E-state index contributed by atoms with van der Waals surface area (Å²) in [4.78, 5) is 36.9. The summed E-state index contributed by atoms with van der Waals surface area (Å²) in [5.41, 5.74) is -3.18. The fourth-order valence-electron chi connectivity index (χ4n) is 3.53. The summed E-state index contributed by atoms with van der Waals surface area (Å²) in [5, 5.41) is 13.0. The van der Waals surface area contributed by atoms with Crippen molar-refractivity contribution in [2.45, 2.75) is 31.5 Å². The number of alkyl halides is 1. The summed E-state index contributed by atoms with van der Waals surface area (Å²) in [6.07, 6.45) is -0.709. The zero-order valence-electron chi connectivity index (χ0n) is 17.2. The first kappa shape index (κ1) is 22.1. The first-order valence-corrected chi connectivity index (χ1v) is 9.83. The van der Waals surface area contributed by atoms with Crippen LogP contribution in [-0.4, -0.2) is 35.0 Å². The SMILES string of the molecule is CC(C)OC(=O)[C@@](F)(C(=O)c1ccccc1)[C@@H](C[N+](=O)[O-])c1ccc2ccccc2c1. The van der Waals surface area contributed by atoms with Crippen LogP contribution in [0.25, 0.3) is 10.8 Å². The van der Waals surface area contributed by atoms with Crippen LogP contribution in [0.4, 0.5) is 4.39 Å². The van der Waals surface area contributed by atoms with Crippen LogP contribution >= 0.6 is 0 Å². The minimum atomic E-state index is -3.28. The highest BCUT2D eigenvalue weighted by Crippen LogP contribution is 2.38. The van der Waals surface area contributed by atoms with Gasteiger partial charge in [-0.15, -0.1) is 0 Å². The third-order valence-corrected chi connectivity index (χ3v) is 4.99. The fourth-order valence-corrected chi connectivity index (χ4v) is 3.53. The summed E-state index contributed by atoms with van der Waals surface area (Å²) in [7, 11) is 0. The number of benzene rings is 3. The molecule has 160 valence electrons. The van der Waals surface area contributed by atoms with Crippen molar-refractivity contribution >= 4 is 22.5 Å². The van der Waals surface area contributed by atoms with E-state index in [4.69, 9.17) is 4.74 Å². The molecule has 0 aliphatic carbocycles. The maximum atomic E-state index is 16.6. The van der Waals surface area contributed by atoms with Gasteiger partial charge in [0, 0.05) is 10.5 Å². The Balaban J connectivity index is 2.20. The van der Waals surface area contributed by atoms with Gasteiger partial charge >= 0.3 is 5.97 Å². The van der Waals surface area contributed by atoms with E-state index < -0.39 is 40.9 Å². The Morgan fingerprint density at radius 3 is 2.23 bits per heavy atom. The first-order valence-electron chi connectivity index (χ1n) is 9.83. The van der Waals surface area contributed by atoms with Gasteiger partial charge in [-0.1, -0.05) is 72.8 Å². The van der Waals surface area contributed by atoms with Gasteiger partial charge in [0.25, 0.3) is 5.67 Å². The number of nitrogens with zero attached hydrogens (tertiary/aromatic N) is 1. The van der Waals surface area contributed by atoms with Crippen LogP contribution in [0.1, 0.15) is 35.7 Å². The summed E-state index contributed by atoms with van der Waals surface area (Å²) in [6.45, 7) is 2.08. The Labute approximate surface area is 178 Å². The Kier molecular flexibility index (Phi) is 6.44. The minimum absolute atomic E-state index is 0.0696. The predicted molar refractivity (Wildman–Crippen MR) is 114 cm³/mol. The molecule has 31 heavy (non-hydrogen) atoms. The molecule has 0 saturated carbocycles. The lowest BCUT2D eigenvalue weighted by Crippen LogP contribution is -2.51. The fraction of sp³-hybridized carbons (Fsp3) is 0.250. The average Bonchev–Trinajstić information content (AvgIpc) is 2.76. The van der Waals surface area contributed by atoms with Gasteiger partial charge in [0.15, 0.2) is 0 Å². The first-order chi connectivity index (χ1) is 14.7. The Bertz CT molecular complexity index is 1120. The Hall–Kier alpha value is -3.61. The molecular formula is C24H22FNO5. The Morgan fingerprint density at radius 1 is 1.00 bits per heavy atom. The standard InChI is InChI=1S/C24H22FNO5/c1-16(2)31-23(28)24(25,22(27)18-9-4-3-5-10-18)21(15-26(29)30)20-13-12-17-8-6-7-11-19(17)14-20/h3-14,16,21H,15H2,1-2H3/t21-,24-/m0/s1. The molecule has 0 heterocycles. The van der Waals surface area contributed by atoms with Crippen molar-refractivity contribution in [1.29, 1.82) is 0 Å². The second-order valence-corrected chi connectivity index (χ2v) is 7.54. The lowest BCUT2D eigenvalue weighted by molar-refractivity contribution is -0.485. The highest BCUT2D eigenvalue weighted by Gasteiger charge is 2.57. The number of carbonyl (C=O) groups excluding carboxylic acids is 2. The molecule has 3 aromatic carbocycles. The van der Waals surface area contributed by atoms with Gasteiger partial charge in [-0.25, -0.2) is 9.18 Å². The monoisotopic (exact) mass is 423 g/mol. The topological polar surface area (TPSA) is 86.5 Å². The molecule has 0 aliphatic rings. The zero-order chi connectivity index (χ0) is 22.6. The summed E-state index contributed by atoms with van der Waals surface area (Å²) < 4.78 is 21.7. The van der Waals surface area contributed by atoms with Crippen molar-refractivity contribution in [3.63, 3.8) is 0 Å². The van der Waals surface area contributed by atoms with Crippen LogP contribution in [0.3, 0.4) is 0 Å². The lowest BCUT2D eigenvalue weighted by atomic mass is 9.78. The van der Waals surface area contributed by atoms with E-state index in [0.29, 0.717) is 5.39 Å². The van der Waals surface area contributed by atoms with Gasteiger partial charge in [-0.2, -0.15) is 0 Å². The summed E-state index contributed by atoms with van der Waals surface area (Å²) in [5.74, 6) is -4.28. The molecule has 0 aromatic heterocycles. The number of fused-ring (bicyclic) bond motifs is 1. The molecule has 0 amide bonds. The van der Waals surface area contributed by atoms with E-state index in [1.54, 1.807) is 30.3 Å². The molecule has 2 atom stereocenters. The van der Waals surface area contributed by atoms with Gasteiger partial charge in [0.1, 0.15) is 5.92 Å². The number of ether oxygens (including phenoxy) is 1. The van der Waals surface area contributed by atoms with Crippen LogP contribution in [0.2, 0.25) is 0 Å². The van der Waals surface area contributed by atoms with Crippen LogP contribution in [0, 0.1) is 10.1 Å². The van der Waals surface area contributed by atoms with E-state index in [1.165, 1.54) is 44.2 Å². The molecule has 0 aliphatic heterocycles.